The quantitative estimate of drug-likeness (QED) is 0.825. The molecule has 2 amide bonds. The fourth-order valence-corrected chi connectivity index (χ4v) is 2.32. The van der Waals surface area contributed by atoms with Gasteiger partial charge in [-0.3, -0.25) is 0 Å². The maximum atomic E-state index is 12.0. The molecule has 2 N–H and O–H groups in total. The monoisotopic (exact) mass is 317 g/mol. The number of benzene rings is 1. The fourth-order valence-electron chi connectivity index (χ4n) is 2.32. The van der Waals surface area contributed by atoms with Crippen molar-refractivity contribution in [1.29, 1.82) is 0 Å². The van der Waals surface area contributed by atoms with Gasteiger partial charge in [0, 0.05) is 37.1 Å². The number of ether oxygens (including phenoxy) is 2. The van der Waals surface area contributed by atoms with Gasteiger partial charge in [-0.05, 0) is 31.2 Å². The molecule has 0 aliphatic rings. The van der Waals surface area contributed by atoms with E-state index < -0.39 is 0 Å². The first kappa shape index (κ1) is 16.7. The van der Waals surface area contributed by atoms with E-state index in [1.807, 2.05) is 48.1 Å². The lowest BCUT2D eigenvalue weighted by atomic mass is 10.1. The number of carbonyl (C=O) groups is 1. The predicted molar refractivity (Wildman–Crippen MR) is 88.9 cm³/mol. The Kier molecular flexibility index (Phi) is 5.91. The highest BCUT2D eigenvalue weighted by Gasteiger charge is 2.14. The Morgan fingerprint density at radius 2 is 1.96 bits per heavy atom. The number of hydrogen-bond donors (Lipinski definition) is 2. The molecule has 0 saturated carbocycles. The molecule has 0 unspecified atom stereocenters. The van der Waals surface area contributed by atoms with Crippen LogP contribution in [0, 0.1) is 0 Å². The SMILES string of the molecule is COc1ccc([C@H](C)NC(=O)NCCn2cccc2)c(OC)c1. The summed E-state index contributed by atoms with van der Waals surface area (Å²) in [6, 6.07) is 9.07. The average molecular weight is 317 g/mol. The maximum absolute atomic E-state index is 12.0. The van der Waals surface area contributed by atoms with E-state index in [1.54, 1.807) is 20.3 Å². The molecule has 0 aliphatic heterocycles. The molecule has 124 valence electrons. The normalized spacial score (nSPS) is 11.6. The van der Waals surface area contributed by atoms with Crippen LogP contribution in [0.15, 0.2) is 42.7 Å². The Balaban J connectivity index is 1.87. The van der Waals surface area contributed by atoms with Gasteiger partial charge in [0.1, 0.15) is 11.5 Å². The zero-order valence-electron chi connectivity index (χ0n) is 13.7. The first-order valence-electron chi connectivity index (χ1n) is 7.51. The van der Waals surface area contributed by atoms with Gasteiger partial charge in [0.05, 0.1) is 20.3 Å². The molecule has 6 heteroatoms. The van der Waals surface area contributed by atoms with Gasteiger partial charge < -0.3 is 24.7 Å². The van der Waals surface area contributed by atoms with Crippen LogP contribution < -0.4 is 20.1 Å². The first-order chi connectivity index (χ1) is 11.1. The smallest absolute Gasteiger partial charge is 0.315 e. The second-order valence-corrected chi connectivity index (χ2v) is 5.15. The minimum absolute atomic E-state index is 0.178. The van der Waals surface area contributed by atoms with Crippen molar-refractivity contribution in [3.05, 3.63) is 48.3 Å². The van der Waals surface area contributed by atoms with Gasteiger partial charge in [-0.2, -0.15) is 0 Å². The molecular weight excluding hydrogens is 294 g/mol. The largest absolute Gasteiger partial charge is 0.497 e. The minimum Gasteiger partial charge on any atom is -0.497 e. The molecule has 1 aromatic carbocycles. The Bertz CT molecular complexity index is 626. The molecule has 0 radical (unpaired) electrons. The van der Waals surface area contributed by atoms with Crippen LogP contribution in [0.5, 0.6) is 11.5 Å². The molecule has 0 aliphatic carbocycles. The van der Waals surface area contributed by atoms with E-state index in [2.05, 4.69) is 10.6 Å². The number of amides is 2. The highest BCUT2D eigenvalue weighted by Crippen LogP contribution is 2.29. The van der Waals surface area contributed by atoms with Crippen molar-refractivity contribution < 1.29 is 14.3 Å². The molecule has 0 saturated heterocycles. The van der Waals surface area contributed by atoms with E-state index in [-0.39, 0.29) is 12.1 Å². The van der Waals surface area contributed by atoms with Crippen LogP contribution in [-0.2, 0) is 6.54 Å². The zero-order chi connectivity index (χ0) is 16.7. The predicted octanol–water partition coefficient (Wildman–Crippen LogP) is 2.57. The van der Waals surface area contributed by atoms with Crippen LogP contribution in [0.2, 0.25) is 0 Å². The summed E-state index contributed by atoms with van der Waals surface area (Å²) in [6.45, 7) is 3.21. The Labute approximate surface area is 136 Å². The molecule has 1 atom stereocenters. The second kappa shape index (κ2) is 8.12. The lowest BCUT2D eigenvalue weighted by Gasteiger charge is -2.18. The van der Waals surface area contributed by atoms with E-state index in [4.69, 9.17) is 9.47 Å². The summed E-state index contributed by atoms with van der Waals surface area (Å²) in [6.07, 6.45) is 3.93. The number of aromatic nitrogens is 1. The number of carbonyl (C=O) groups excluding carboxylic acids is 1. The second-order valence-electron chi connectivity index (χ2n) is 5.15. The van der Waals surface area contributed by atoms with Crippen molar-refractivity contribution in [1.82, 2.24) is 15.2 Å². The number of hydrogen-bond acceptors (Lipinski definition) is 3. The van der Waals surface area contributed by atoms with E-state index in [0.717, 1.165) is 12.1 Å². The number of rotatable bonds is 7. The third-order valence-electron chi connectivity index (χ3n) is 3.58. The summed E-state index contributed by atoms with van der Waals surface area (Å²) in [5.74, 6) is 1.40. The summed E-state index contributed by atoms with van der Waals surface area (Å²) in [4.78, 5) is 12.0. The van der Waals surface area contributed by atoms with Crippen LogP contribution in [-0.4, -0.2) is 31.4 Å². The number of methoxy groups -OCH3 is 2. The summed E-state index contributed by atoms with van der Waals surface area (Å²) < 4.78 is 12.6. The average Bonchev–Trinajstić information content (AvgIpc) is 3.07. The Morgan fingerprint density at radius 3 is 2.61 bits per heavy atom. The van der Waals surface area contributed by atoms with E-state index in [0.29, 0.717) is 18.0 Å². The molecule has 2 rings (SSSR count). The van der Waals surface area contributed by atoms with Gasteiger partial charge in [-0.15, -0.1) is 0 Å². The topological polar surface area (TPSA) is 64.5 Å². The van der Waals surface area contributed by atoms with Gasteiger partial charge >= 0.3 is 6.03 Å². The number of urea groups is 1. The van der Waals surface area contributed by atoms with Gasteiger partial charge in [-0.1, -0.05) is 0 Å². The first-order valence-corrected chi connectivity index (χ1v) is 7.51. The molecule has 2 aromatic rings. The van der Waals surface area contributed by atoms with Gasteiger partial charge in [0.2, 0.25) is 0 Å². The molecule has 0 bridgehead atoms. The molecule has 1 heterocycles. The fraction of sp³-hybridized carbons (Fsp3) is 0.353. The Morgan fingerprint density at radius 1 is 1.22 bits per heavy atom. The van der Waals surface area contributed by atoms with Crippen LogP contribution in [0.1, 0.15) is 18.5 Å². The van der Waals surface area contributed by atoms with Gasteiger partial charge in [0.15, 0.2) is 0 Å². The lowest BCUT2D eigenvalue weighted by molar-refractivity contribution is 0.237. The van der Waals surface area contributed by atoms with Gasteiger partial charge in [-0.25, -0.2) is 4.79 Å². The van der Waals surface area contributed by atoms with Crippen LogP contribution >= 0.6 is 0 Å². The van der Waals surface area contributed by atoms with Crippen molar-refractivity contribution in [2.45, 2.75) is 19.5 Å². The standard InChI is InChI=1S/C17H23N3O3/c1-13(15-7-6-14(22-2)12-16(15)23-3)19-17(21)18-8-11-20-9-4-5-10-20/h4-7,9-10,12-13H,8,11H2,1-3H3,(H2,18,19,21)/t13-/m0/s1. The Hall–Kier alpha value is -2.63. The lowest BCUT2D eigenvalue weighted by Crippen LogP contribution is -2.38. The van der Waals surface area contributed by atoms with E-state index in [1.165, 1.54) is 0 Å². The van der Waals surface area contributed by atoms with Crippen molar-refractivity contribution in [2.75, 3.05) is 20.8 Å². The van der Waals surface area contributed by atoms with Crippen LogP contribution in [0.4, 0.5) is 4.79 Å². The molecule has 0 fully saturated rings. The van der Waals surface area contributed by atoms with E-state index >= 15 is 0 Å². The third-order valence-corrected chi connectivity index (χ3v) is 3.58. The minimum atomic E-state index is -0.206. The van der Waals surface area contributed by atoms with Crippen LogP contribution in [0.3, 0.4) is 0 Å². The third kappa shape index (κ3) is 4.67. The zero-order valence-corrected chi connectivity index (χ0v) is 13.7. The number of nitrogens with one attached hydrogen (secondary N) is 2. The maximum Gasteiger partial charge on any atom is 0.315 e. The highest BCUT2D eigenvalue weighted by atomic mass is 16.5. The van der Waals surface area contributed by atoms with Gasteiger partial charge in [0.25, 0.3) is 0 Å². The van der Waals surface area contributed by atoms with E-state index in [9.17, 15) is 4.79 Å². The number of nitrogens with zero attached hydrogens (tertiary/aromatic N) is 1. The molecular formula is C17H23N3O3. The molecule has 6 nitrogen and oxygen atoms in total. The molecule has 23 heavy (non-hydrogen) atoms. The van der Waals surface area contributed by atoms with Crippen molar-refractivity contribution in [3.63, 3.8) is 0 Å². The van der Waals surface area contributed by atoms with Crippen molar-refractivity contribution in [3.8, 4) is 11.5 Å². The molecule has 1 aromatic heterocycles. The van der Waals surface area contributed by atoms with Crippen molar-refractivity contribution >= 4 is 6.03 Å². The van der Waals surface area contributed by atoms with Crippen LogP contribution in [0.25, 0.3) is 0 Å². The molecule has 0 spiro atoms. The summed E-state index contributed by atoms with van der Waals surface area (Å²) in [5, 5.41) is 5.75. The summed E-state index contributed by atoms with van der Waals surface area (Å²) in [5.41, 5.74) is 0.897. The summed E-state index contributed by atoms with van der Waals surface area (Å²) in [7, 11) is 3.20. The summed E-state index contributed by atoms with van der Waals surface area (Å²) >= 11 is 0. The van der Waals surface area contributed by atoms with Crippen molar-refractivity contribution in [2.24, 2.45) is 0 Å². The highest BCUT2D eigenvalue weighted by molar-refractivity contribution is 5.74.